The molecule has 0 amide bonds. The molecule has 1 heterocycles. The zero-order valence-electron chi connectivity index (χ0n) is 15.6. The second-order valence-corrected chi connectivity index (χ2v) is 13.0. The van der Waals surface area contributed by atoms with Crippen molar-refractivity contribution in [2.75, 3.05) is 6.61 Å². The fourth-order valence-electron chi connectivity index (χ4n) is 2.26. The number of carbonyl (C=O) groups is 1. The summed E-state index contributed by atoms with van der Waals surface area (Å²) in [4.78, 5) is 11.2. The average molecular weight is 393 g/mol. The number of nitrogens with zero attached hydrogens (tertiary/aromatic N) is 1. The summed E-state index contributed by atoms with van der Waals surface area (Å²) in [5.74, 6) is 5.51. The van der Waals surface area contributed by atoms with E-state index >= 15 is 0 Å². The van der Waals surface area contributed by atoms with E-state index in [0.717, 1.165) is 18.2 Å². The minimum atomic E-state index is -4.40. The van der Waals surface area contributed by atoms with E-state index in [9.17, 15) is 18.0 Å². The number of aromatic nitrogens is 1. The van der Waals surface area contributed by atoms with Crippen LogP contribution in [0.4, 0.5) is 13.2 Å². The van der Waals surface area contributed by atoms with Crippen molar-refractivity contribution in [3.63, 3.8) is 0 Å². The van der Waals surface area contributed by atoms with Gasteiger partial charge in [0.1, 0.15) is 6.73 Å². The maximum atomic E-state index is 12.8. The first-order valence-corrected chi connectivity index (χ1v) is 12.2. The quantitative estimate of drug-likeness (QED) is 0.298. The lowest BCUT2D eigenvalue weighted by molar-refractivity contribution is -0.137. The first-order chi connectivity index (χ1) is 12.6. The van der Waals surface area contributed by atoms with Crippen LogP contribution in [-0.4, -0.2) is 25.5 Å². The minimum absolute atomic E-state index is 0.240. The lowest BCUT2D eigenvalue weighted by atomic mass is 10.1. The summed E-state index contributed by atoms with van der Waals surface area (Å²) in [6.07, 6.45) is -2.03. The molecule has 0 atom stereocenters. The molecule has 0 fully saturated rings. The Kier molecular flexibility index (Phi) is 6.68. The predicted molar refractivity (Wildman–Crippen MR) is 101 cm³/mol. The highest BCUT2D eigenvalue weighted by molar-refractivity contribution is 6.76. The van der Waals surface area contributed by atoms with Gasteiger partial charge in [-0.2, -0.15) is 13.2 Å². The fraction of sp³-hybridized carbons (Fsp3) is 0.350. The Labute approximate surface area is 158 Å². The van der Waals surface area contributed by atoms with Gasteiger partial charge in [-0.25, -0.2) is 0 Å². The number of hydrogen-bond acceptors (Lipinski definition) is 2. The van der Waals surface area contributed by atoms with Crippen LogP contribution in [0.25, 0.3) is 0 Å². The standard InChI is InChI=1S/C20H22F3NO2Si/c1-27(2,3)10-9-26-15-24-13-17(12-19(24)14-25)8-7-16-5-4-6-18(11-16)20(21,22)23/h4-6,11-14H,9-10,15H2,1-3H3. The van der Waals surface area contributed by atoms with E-state index in [-0.39, 0.29) is 12.3 Å². The fourth-order valence-corrected chi connectivity index (χ4v) is 3.02. The highest BCUT2D eigenvalue weighted by Gasteiger charge is 2.30. The molecule has 0 radical (unpaired) electrons. The van der Waals surface area contributed by atoms with Gasteiger partial charge >= 0.3 is 6.18 Å². The van der Waals surface area contributed by atoms with Crippen LogP contribution >= 0.6 is 0 Å². The number of hydrogen-bond donors (Lipinski definition) is 0. The van der Waals surface area contributed by atoms with E-state index in [0.29, 0.717) is 24.2 Å². The zero-order chi connectivity index (χ0) is 20.1. The first-order valence-electron chi connectivity index (χ1n) is 8.51. The van der Waals surface area contributed by atoms with E-state index in [1.165, 1.54) is 12.1 Å². The van der Waals surface area contributed by atoms with Crippen molar-refractivity contribution in [3.8, 4) is 11.8 Å². The van der Waals surface area contributed by atoms with Crippen molar-refractivity contribution < 1.29 is 22.7 Å². The van der Waals surface area contributed by atoms with Crippen LogP contribution < -0.4 is 0 Å². The topological polar surface area (TPSA) is 31.2 Å². The molecule has 0 saturated heterocycles. The van der Waals surface area contributed by atoms with Crippen molar-refractivity contribution in [3.05, 3.63) is 58.9 Å². The molecule has 0 saturated carbocycles. The summed E-state index contributed by atoms with van der Waals surface area (Å²) in [5, 5.41) is 0. The van der Waals surface area contributed by atoms with Crippen molar-refractivity contribution in [2.24, 2.45) is 0 Å². The molecule has 0 bridgehead atoms. The molecule has 0 unspecified atom stereocenters. The summed E-state index contributed by atoms with van der Waals surface area (Å²) < 4.78 is 45.5. The van der Waals surface area contributed by atoms with Gasteiger partial charge in [0.25, 0.3) is 0 Å². The van der Waals surface area contributed by atoms with Crippen molar-refractivity contribution in [1.82, 2.24) is 4.57 Å². The Balaban J connectivity index is 2.10. The largest absolute Gasteiger partial charge is 0.416 e. The maximum absolute atomic E-state index is 12.8. The van der Waals surface area contributed by atoms with E-state index in [2.05, 4.69) is 31.5 Å². The van der Waals surface area contributed by atoms with Crippen LogP contribution in [0, 0.1) is 11.8 Å². The van der Waals surface area contributed by atoms with Gasteiger partial charge in [-0.3, -0.25) is 4.79 Å². The monoisotopic (exact) mass is 393 g/mol. The number of aldehydes is 1. The lowest BCUT2D eigenvalue weighted by Crippen LogP contribution is -2.22. The third kappa shape index (κ3) is 6.74. The molecule has 2 rings (SSSR count). The summed E-state index contributed by atoms with van der Waals surface area (Å²) in [5.41, 5.74) is 0.479. The van der Waals surface area contributed by atoms with Gasteiger partial charge in [0.15, 0.2) is 6.29 Å². The molecule has 0 spiro atoms. The summed E-state index contributed by atoms with van der Waals surface area (Å²) in [7, 11) is -1.19. The molecule has 3 nitrogen and oxygen atoms in total. The summed E-state index contributed by atoms with van der Waals surface area (Å²) in [6, 6.07) is 7.46. The molecule has 0 aliphatic rings. The van der Waals surface area contributed by atoms with Crippen LogP contribution in [0.5, 0.6) is 0 Å². The number of rotatable bonds is 6. The van der Waals surface area contributed by atoms with Crippen LogP contribution in [0.15, 0.2) is 36.5 Å². The van der Waals surface area contributed by atoms with E-state index in [4.69, 9.17) is 4.74 Å². The number of halogens is 3. The summed E-state index contributed by atoms with van der Waals surface area (Å²) in [6.45, 7) is 7.63. The molecule has 7 heteroatoms. The van der Waals surface area contributed by atoms with Gasteiger partial charge in [0.2, 0.25) is 0 Å². The highest BCUT2D eigenvalue weighted by Crippen LogP contribution is 2.29. The summed E-state index contributed by atoms with van der Waals surface area (Å²) >= 11 is 0. The number of benzene rings is 1. The molecule has 1 aromatic carbocycles. The molecular weight excluding hydrogens is 371 g/mol. The smallest absolute Gasteiger partial charge is 0.361 e. The molecular formula is C20H22F3NO2Si. The molecule has 1 aromatic heterocycles. The third-order valence-corrected chi connectivity index (χ3v) is 5.52. The van der Waals surface area contributed by atoms with Crippen LogP contribution in [0.2, 0.25) is 25.7 Å². The van der Waals surface area contributed by atoms with Crippen molar-refractivity contribution >= 4 is 14.4 Å². The second kappa shape index (κ2) is 8.59. The Hall–Kier alpha value is -2.30. The SMILES string of the molecule is C[Si](C)(C)CCOCn1cc(C#Cc2cccc(C(F)(F)F)c2)cc1C=O. The van der Waals surface area contributed by atoms with Crippen molar-refractivity contribution in [2.45, 2.75) is 38.6 Å². The van der Waals surface area contributed by atoms with Gasteiger partial charge in [0.05, 0.1) is 11.3 Å². The Morgan fingerprint density at radius 1 is 1.15 bits per heavy atom. The van der Waals surface area contributed by atoms with E-state index in [1.54, 1.807) is 16.8 Å². The Morgan fingerprint density at radius 3 is 2.48 bits per heavy atom. The van der Waals surface area contributed by atoms with E-state index in [1.807, 2.05) is 0 Å². The lowest BCUT2D eigenvalue weighted by Gasteiger charge is -2.15. The predicted octanol–water partition coefficient (Wildman–Crippen LogP) is 5.03. The van der Waals surface area contributed by atoms with Crippen LogP contribution in [0.3, 0.4) is 0 Å². The van der Waals surface area contributed by atoms with Crippen LogP contribution in [0.1, 0.15) is 27.2 Å². The molecule has 0 aliphatic heterocycles. The third-order valence-electron chi connectivity index (χ3n) is 3.82. The normalized spacial score (nSPS) is 11.8. The minimum Gasteiger partial charge on any atom is -0.361 e. The van der Waals surface area contributed by atoms with Gasteiger partial charge in [0, 0.05) is 32.0 Å². The van der Waals surface area contributed by atoms with Gasteiger partial charge in [-0.15, -0.1) is 0 Å². The first kappa shape index (κ1) is 21.0. The zero-order valence-corrected chi connectivity index (χ0v) is 16.6. The average Bonchev–Trinajstić information content (AvgIpc) is 2.98. The molecule has 0 N–H and O–H groups in total. The number of alkyl halides is 3. The van der Waals surface area contributed by atoms with Gasteiger partial charge in [-0.05, 0) is 30.3 Å². The number of ether oxygens (including phenoxy) is 1. The Bertz CT molecular complexity index is 855. The number of carbonyl (C=O) groups excluding carboxylic acids is 1. The van der Waals surface area contributed by atoms with Crippen molar-refractivity contribution in [1.29, 1.82) is 0 Å². The molecule has 27 heavy (non-hydrogen) atoms. The molecule has 2 aromatic rings. The van der Waals surface area contributed by atoms with Gasteiger partial charge < -0.3 is 9.30 Å². The van der Waals surface area contributed by atoms with E-state index < -0.39 is 19.8 Å². The second-order valence-electron chi connectivity index (χ2n) is 7.42. The molecule has 144 valence electrons. The Morgan fingerprint density at radius 2 is 1.85 bits per heavy atom. The maximum Gasteiger partial charge on any atom is 0.416 e. The molecule has 0 aliphatic carbocycles. The van der Waals surface area contributed by atoms with Crippen LogP contribution in [-0.2, 0) is 17.6 Å². The van der Waals surface area contributed by atoms with Gasteiger partial charge in [-0.1, -0.05) is 37.5 Å². The highest BCUT2D eigenvalue weighted by atomic mass is 28.3.